The molecule has 3 unspecified atom stereocenters. The summed E-state index contributed by atoms with van der Waals surface area (Å²) < 4.78 is 0. The molecule has 0 bridgehead atoms. The van der Waals surface area contributed by atoms with Crippen LogP contribution in [0.4, 0.5) is 0 Å². The molecule has 112 valence electrons. The molecule has 1 nitrogen and oxygen atoms in total. The highest BCUT2D eigenvalue weighted by molar-refractivity contribution is 7.99. The minimum Gasteiger partial charge on any atom is -0.313 e. The van der Waals surface area contributed by atoms with Crippen molar-refractivity contribution in [3.63, 3.8) is 0 Å². The first-order chi connectivity index (χ1) is 9.85. The van der Waals surface area contributed by atoms with Gasteiger partial charge >= 0.3 is 0 Å². The Bertz CT molecular complexity index is 365. The molecule has 1 saturated carbocycles. The van der Waals surface area contributed by atoms with E-state index in [4.69, 9.17) is 0 Å². The molecular formula is C18H29NS. The van der Waals surface area contributed by atoms with Crippen molar-refractivity contribution in [2.24, 2.45) is 0 Å². The zero-order chi connectivity index (χ0) is 14.2. The predicted octanol–water partition coefficient (Wildman–Crippen LogP) is 4.83. The Morgan fingerprint density at radius 3 is 2.65 bits per heavy atom. The van der Waals surface area contributed by atoms with Crippen LogP contribution in [-0.2, 0) is 0 Å². The lowest BCUT2D eigenvalue weighted by molar-refractivity contribution is 0.358. The van der Waals surface area contributed by atoms with Crippen molar-refractivity contribution in [1.82, 2.24) is 5.32 Å². The second kappa shape index (κ2) is 8.74. The van der Waals surface area contributed by atoms with E-state index in [1.807, 2.05) is 0 Å². The smallest absolute Gasteiger partial charge is 0.0206 e. The largest absolute Gasteiger partial charge is 0.313 e. The number of unbranched alkanes of at least 4 members (excludes halogenated alkanes) is 1. The van der Waals surface area contributed by atoms with Crippen LogP contribution in [0.2, 0.25) is 0 Å². The topological polar surface area (TPSA) is 12.0 Å². The summed E-state index contributed by atoms with van der Waals surface area (Å²) in [6, 6.07) is 11.8. The Morgan fingerprint density at radius 2 is 1.95 bits per heavy atom. The molecule has 1 N–H and O–H groups in total. The minimum absolute atomic E-state index is 0.724. The number of thioether (sulfide) groups is 1. The van der Waals surface area contributed by atoms with Crippen LogP contribution in [0, 0.1) is 0 Å². The van der Waals surface area contributed by atoms with Gasteiger partial charge < -0.3 is 5.32 Å². The van der Waals surface area contributed by atoms with Gasteiger partial charge in [-0.2, -0.15) is 11.8 Å². The van der Waals surface area contributed by atoms with Gasteiger partial charge in [0.05, 0.1) is 0 Å². The van der Waals surface area contributed by atoms with E-state index in [2.05, 4.69) is 61.3 Å². The van der Waals surface area contributed by atoms with Gasteiger partial charge in [0.2, 0.25) is 0 Å². The summed E-state index contributed by atoms with van der Waals surface area (Å²) >= 11 is 2.21. The van der Waals surface area contributed by atoms with E-state index >= 15 is 0 Å². The third-order valence-electron chi connectivity index (χ3n) is 4.36. The van der Waals surface area contributed by atoms with Crippen molar-refractivity contribution >= 4 is 11.8 Å². The van der Waals surface area contributed by atoms with Gasteiger partial charge in [-0.25, -0.2) is 0 Å². The first kappa shape index (κ1) is 15.9. The van der Waals surface area contributed by atoms with E-state index in [-0.39, 0.29) is 0 Å². The monoisotopic (exact) mass is 291 g/mol. The quantitative estimate of drug-likeness (QED) is 0.722. The molecule has 2 rings (SSSR count). The van der Waals surface area contributed by atoms with Crippen molar-refractivity contribution in [2.45, 2.75) is 63.2 Å². The highest BCUT2D eigenvalue weighted by atomic mass is 32.2. The van der Waals surface area contributed by atoms with Crippen molar-refractivity contribution in [1.29, 1.82) is 0 Å². The molecule has 0 saturated heterocycles. The molecule has 1 aliphatic carbocycles. The number of hydrogen-bond acceptors (Lipinski definition) is 2. The Morgan fingerprint density at radius 1 is 1.15 bits per heavy atom. The second-order valence-corrected chi connectivity index (χ2v) is 7.19. The number of nitrogens with one attached hydrogen (secondary N) is 1. The van der Waals surface area contributed by atoms with Gasteiger partial charge in [0.25, 0.3) is 0 Å². The van der Waals surface area contributed by atoms with E-state index < -0.39 is 0 Å². The van der Waals surface area contributed by atoms with Crippen LogP contribution < -0.4 is 5.32 Å². The summed E-state index contributed by atoms with van der Waals surface area (Å²) in [5, 5.41) is 4.50. The summed E-state index contributed by atoms with van der Waals surface area (Å²) in [6.45, 7) is 5.62. The van der Waals surface area contributed by atoms with E-state index in [0.29, 0.717) is 0 Å². The summed E-state index contributed by atoms with van der Waals surface area (Å²) in [6.07, 6.45) is 6.68. The molecule has 0 amide bonds. The zero-order valence-corrected chi connectivity index (χ0v) is 13.8. The molecule has 1 aromatic carbocycles. The third kappa shape index (κ3) is 4.53. The van der Waals surface area contributed by atoms with Crippen LogP contribution in [0.1, 0.15) is 57.4 Å². The van der Waals surface area contributed by atoms with Gasteiger partial charge in [0, 0.05) is 11.3 Å². The molecule has 0 radical (unpaired) electrons. The van der Waals surface area contributed by atoms with Crippen LogP contribution in [0.3, 0.4) is 0 Å². The highest BCUT2D eigenvalue weighted by Crippen LogP contribution is 2.38. The lowest BCUT2D eigenvalue weighted by Gasteiger charge is -2.36. The van der Waals surface area contributed by atoms with Crippen LogP contribution in [0.25, 0.3) is 0 Å². The lowest BCUT2D eigenvalue weighted by atomic mass is 9.81. The van der Waals surface area contributed by atoms with Crippen LogP contribution in [-0.4, -0.2) is 23.6 Å². The molecule has 0 aromatic heterocycles. The molecule has 0 spiro atoms. The van der Waals surface area contributed by atoms with Crippen LogP contribution >= 0.6 is 11.8 Å². The van der Waals surface area contributed by atoms with Gasteiger partial charge in [0.1, 0.15) is 0 Å². The summed E-state index contributed by atoms with van der Waals surface area (Å²) in [4.78, 5) is 0. The van der Waals surface area contributed by atoms with E-state index in [9.17, 15) is 0 Å². The Kier molecular flexibility index (Phi) is 6.95. The second-order valence-electron chi connectivity index (χ2n) is 5.85. The maximum absolute atomic E-state index is 3.71. The van der Waals surface area contributed by atoms with Gasteiger partial charge in [0.15, 0.2) is 0 Å². The van der Waals surface area contributed by atoms with Gasteiger partial charge in [-0.15, -0.1) is 0 Å². The van der Waals surface area contributed by atoms with Crippen LogP contribution in [0.15, 0.2) is 30.3 Å². The van der Waals surface area contributed by atoms with Crippen molar-refractivity contribution in [2.75, 3.05) is 12.3 Å². The third-order valence-corrected chi connectivity index (χ3v) is 5.83. The van der Waals surface area contributed by atoms with E-state index in [0.717, 1.165) is 23.8 Å². The minimum atomic E-state index is 0.724. The number of hydrogen-bond donors (Lipinski definition) is 1. The molecule has 1 aromatic rings. The maximum atomic E-state index is 3.71. The van der Waals surface area contributed by atoms with Crippen molar-refractivity contribution < 1.29 is 0 Å². The molecule has 0 heterocycles. The summed E-state index contributed by atoms with van der Waals surface area (Å²) in [7, 11) is 0. The first-order valence-electron chi connectivity index (χ1n) is 8.25. The molecular weight excluding hydrogens is 262 g/mol. The highest BCUT2D eigenvalue weighted by Gasteiger charge is 2.30. The van der Waals surface area contributed by atoms with Crippen molar-refractivity contribution in [3.8, 4) is 0 Å². The number of rotatable bonds is 7. The fourth-order valence-electron chi connectivity index (χ4n) is 3.22. The summed E-state index contributed by atoms with van der Waals surface area (Å²) in [5.41, 5.74) is 1.54. The van der Waals surface area contributed by atoms with Gasteiger partial charge in [-0.05, 0) is 49.5 Å². The maximum Gasteiger partial charge on any atom is 0.0206 e. The molecule has 3 atom stereocenters. The molecule has 1 aliphatic rings. The SMILES string of the molecule is CCCCSC1CC(c2ccccc2)CCC1NCC. The zero-order valence-electron chi connectivity index (χ0n) is 13.0. The normalized spacial score (nSPS) is 26.6. The molecule has 20 heavy (non-hydrogen) atoms. The Labute approximate surface area is 128 Å². The van der Waals surface area contributed by atoms with E-state index in [1.165, 1.54) is 37.9 Å². The Hall–Kier alpha value is -0.470. The number of benzene rings is 1. The lowest BCUT2D eigenvalue weighted by Crippen LogP contribution is -2.42. The summed E-state index contributed by atoms with van der Waals surface area (Å²) in [5.74, 6) is 2.09. The van der Waals surface area contributed by atoms with Crippen LogP contribution in [0.5, 0.6) is 0 Å². The fraction of sp³-hybridized carbons (Fsp3) is 0.667. The molecule has 1 fully saturated rings. The van der Waals surface area contributed by atoms with Gasteiger partial charge in [-0.3, -0.25) is 0 Å². The fourth-order valence-corrected chi connectivity index (χ4v) is 4.81. The average molecular weight is 292 g/mol. The molecule has 2 heteroatoms. The standard InChI is InChI=1S/C18H29NS/c1-3-5-13-20-18-14-16(11-12-17(18)19-4-2)15-9-7-6-8-10-15/h6-10,16-19H,3-5,11-14H2,1-2H3. The van der Waals surface area contributed by atoms with E-state index in [1.54, 1.807) is 5.56 Å². The average Bonchev–Trinajstić information content (AvgIpc) is 2.50. The Balaban J connectivity index is 1.95. The van der Waals surface area contributed by atoms with Crippen molar-refractivity contribution in [3.05, 3.63) is 35.9 Å². The first-order valence-corrected chi connectivity index (χ1v) is 9.30. The van der Waals surface area contributed by atoms with Gasteiger partial charge in [-0.1, -0.05) is 50.6 Å². The predicted molar refractivity (Wildman–Crippen MR) is 91.7 cm³/mol. The molecule has 0 aliphatic heterocycles.